The van der Waals surface area contributed by atoms with Gasteiger partial charge in [-0.2, -0.15) is 0 Å². The Hall–Kier alpha value is -3.00. The van der Waals surface area contributed by atoms with Crippen molar-refractivity contribution in [2.24, 2.45) is 0 Å². The zero-order chi connectivity index (χ0) is 21.0. The molecule has 8 heteroatoms. The molecule has 7 nitrogen and oxygen atoms in total. The van der Waals surface area contributed by atoms with Crippen LogP contribution in [0.25, 0.3) is 10.2 Å². The Bertz CT molecular complexity index is 1090. The SMILES string of the molecule is CCOC(=O)CCN(C)C(=O)c1sc2ncn(Cc3ccccc3)c(=O)c2c1C. The van der Waals surface area contributed by atoms with E-state index < -0.39 is 0 Å². The Balaban J connectivity index is 1.86. The summed E-state index contributed by atoms with van der Waals surface area (Å²) in [7, 11) is 1.63. The third kappa shape index (κ3) is 4.54. The van der Waals surface area contributed by atoms with Crippen molar-refractivity contribution in [3.05, 3.63) is 63.0 Å². The number of thiophene rings is 1. The number of benzene rings is 1. The maximum absolute atomic E-state index is 13.0. The molecule has 152 valence electrons. The number of fused-ring (bicyclic) bond motifs is 1. The largest absolute Gasteiger partial charge is 0.466 e. The van der Waals surface area contributed by atoms with Crippen LogP contribution in [0, 0.1) is 6.92 Å². The lowest BCUT2D eigenvalue weighted by atomic mass is 10.2. The van der Waals surface area contributed by atoms with Gasteiger partial charge in [-0.05, 0) is 25.0 Å². The number of amides is 1. The molecule has 0 radical (unpaired) electrons. The fraction of sp³-hybridized carbons (Fsp3) is 0.333. The molecular formula is C21H23N3O4S. The highest BCUT2D eigenvalue weighted by molar-refractivity contribution is 7.20. The monoisotopic (exact) mass is 413 g/mol. The van der Waals surface area contributed by atoms with E-state index in [1.165, 1.54) is 22.6 Å². The van der Waals surface area contributed by atoms with Crippen LogP contribution in [0.15, 0.2) is 41.5 Å². The van der Waals surface area contributed by atoms with E-state index in [1.54, 1.807) is 25.5 Å². The molecule has 1 amide bonds. The summed E-state index contributed by atoms with van der Waals surface area (Å²) in [5, 5.41) is 0.468. The van der Waals surface area contributed by atoms with Crippen LogP contribution in [0.1, 0.15) is 34.1 Å². The van der Waals surface area contributed by atoms with Crippen LogP contribution in [0.5, 0.6) is 0 Å². The lowest BCUT2D eigenvalue weighted by Gasteiger charge is -2.16. The van der Waals surface area contributed by atoms with Crippen molar-refractivity contribution in [3.63, 3.8) is 0 Å². The summed E-state index contributed by atoms with van der Waals surface area (Å²) >= 11 is 1.20. The number of aryl methyl sites for hydroxylation is 1. The quantitative estimate of drug-likeness (QED) is 0.557. The van der Waals surface area contributed by atoms with Gasteiger partial charge in [-0.25, -0.2) is 4.98 Å². The molecule has 0 aliphatic heterocycles. The molecule has 0 fully saturated rings. The van der Waals surface area contributed by atoms with Gasteiger partial charge in [0.25, 0.3) is 11.5 Å². The van der Waals surface area contributed by atoms with Gasteiger partial charge in [0.1, 0.15) is 4.83 Å². The highest BCUT2D eigenvalue weighted by atomic mass is 32.1. The van der Waals surface area contributed by atoms with Crippen molar-refractivity contribution >= 4 is 33.4 Å². The number of hydrogen-bond acceptors (Lipinski definition) is 6. The fourth-order valence-corrected chi connectivity index (χ4v) is 4.16. The number of carbonyl (C=O) groups excluding carboxylic acids is 2. The number of ether oxygens (including phenoxy) is 1. The minimum Gasteiger partial charge on any atom is -0.466 e. The second-order valence-corrected chi connectivity index (χ2v) is 7.68. The Labute approximate surface area is 172 Å². The van der Waals surface area contributed by atoms with Crippen LogP contribution in [0.4, 0.5) is 0 Å². The van der Waals surface area contributed by atoms with Gasteiger partial charge in [0.2, 0.25) is 0 Å². The minimum atomic E-state index is -0.342. The van der Waals surface area contributed by atoms with Gasteiger partial charge in [0, 0.05) is 13.6 Å². The first-order chi connectivity index (χ1) is 13.9. The van der Waals surface area contributed by atoms with Crippen LogP contribution in [0.3, 0.4) is 0 Å². The molecule has 0 aliphatic carbocycles. The summed E-state index contributed by atoms with van der Waals surface area (Å²) in [4.78, 5) is 44.2. The van der Waals surface area contributed by atoms with E-state index in [4.69, 9.17) is 4.74 Å². The lowest BCUT2D eigenvalue weighted by molar-refractivity contribution is -0.143. The zero-order valence-corrected chi connectivity index (χ0v) is 17.5. The number of rotatable bonds is 7. The maximum atomic E-state index is 13.0. The van der Waals surface area contributed by atoms with E-state index in [1.807, 2.05) is 30.3 Å². The first kappa shape index (κ1) is 20.7. The Morgan fingerprint density at radius 3 is 2.66 bits per heavy atom. The molecule has 0 saturated carbocycles. The lowest BCUT2D eigenvalue weighted by Crippen LogP contribution is -2.29. The van der Waals surface area contributed by atoms with Crippen LogP contribution in [0.2, 0.25) is 0 Å². The predicted octanol–water partition coefficient (Wildman–Crippen LogP) is 2.84. The topological polar surface area (TPSA) is 81.5 Å². The van der Waals surface area contributed by atoms with Crippen LogP contribution >= 0.6 is 11.3 Å². The Morgan fingerprint density at radius 1 is 1.24 bits per heavy atom. The molecule has 0 aliphatic rings. The summed E-state index contributed by atoms with van der Waals surface area (Å²) < 4.78 is 6.45. The average Bonchev–Trinajstić information content (AvgIpc) is 3.06. The Kier molecular flexibility index (Phi) is 6.43. The predicted molar refractivity (Wildman–Crippen MR) is 112 cm³/mol. The normalized spacial score (nSPS) is 10.9. The summed E-state index contributed by atoms with van der Waals surface area (Å²) in [5.41, 5.74) is 1.46. The second kappa shape index (κ2) is 9.00. The Morgan fingerprint density at radius 2 is 1.97 bits per heavy atom. The molecule has 0 atom stereocenters. The molecule has 2 heterocycles. The van der Waals surface area contributed by atoms with E-state index in [9.17, 15) is 14.4 Å². The third-order valence-corrected chi connectivity index (χ3v) is 5.80. The first-order valence-corrected chi connectivity index (χ1v) is 10.2. The maximum Gasteiger partial charge on any atom is 0.307 e. The second-order valence-electron chi connectivity index (χ2n) is 6.68. The van der Waals surface area contributed by atoms with Gasteiger partial charge in [-0.3, -0.25) is 19.0 Å². The van der Waals surface area contributed by atoms with Gasteiger partial charge in [0.05, 0.1) is 36.2 Å². The molecular weight excluding hydrogens is 390 g/mol. The average molecular weight is 413 g/mol. The van der Waals surface area contributed by atoms with E-state index in [2.05, 4.69) is 4.98 Å². The highest BCUT2D eigenvalue weighted by Crippen LogP contribution is 2.28. The van der Waals surface area contributed by atoms with Crippen molar-refractivity contribution in [1.29, 1.82) is 0 Å². The minimum absolute atomic E-state index is 0.127. The third-order valence-electron chi connectivity index (χ3n) is 4.61. The molecule has 3 rings (SSSR count). The molecule has 0 N–H and O–H groups in total. The molecule has 0 unspecified atom stereocenters. The van der Waals surface area contributed by atoms with Crippen molar-refractivity contribution in [2.75, 3.05) is 20.2 Å². The standard InChI is InChI=1S/C21H23N3O4S/c1-4-28-16(25)10-11-23(3)21(27)18-14(2)17-19(29-18)22-13-24(20(17)26)12-15-8-6-5-7-9-15/h5-9,13H,4,10-12H2,1-3H3. The smallest absolute Gasteiger partial charge is 0.307 e. The van der Waals surface area contributed by atoms with Crippen molar-refractivity contribution in [1.82, 2.24) is 14.5 Å². The fourth-order valence-electron chi connectivity index (χ4n) is 3.02. The highest BCUT2D eigenvalue weighted by Gasteiger charge is 2.22. The van der Waals surface area contributed by atoms with E-state index >= 15 is 0 Å². The van der Waals surface area contributed by atoms with Crippen LogP contribution in [-0.4, -0.2) is 46.5 Å². The van der Waals surface area contributed by atoms with Crippen molar-refractivity contribution < 1.29 is 14.3 Å². The number of hydrogen-bond donors (Lipinski definition) is 0. The summed E-state index contributed by atoms with van der Waals surface area (Å²) in [6.07, 6.45) is 1.65. The summed E-state index contributed by atoms with van der Waals surface area (Å²) in [5.74, 6) is -0.575. The summed E-state index contributed by atoms with van der Waals surface area (Å²) in [6.45, 7) is 4.48. The molecule has 0 saturated heterocycles. The van der Waals surface area contributed by atoms with Gasteiger partial charge >= 0.3 is 5.97 Å². The molecule has 3 aromatic rings. The van der Waals surface area contributed by atoms with Crippen LogP contribution < -0.4 is 5.56 Å². The molecule has 0 spiro atoms. The van der Waals surface area contributed by atoms with E-state index in [0.717, 1.165) is 5.56 Å². The number of carbonyl (C=O) groups is 2. The van der Waals surface area contributed by atoms with E-state index in [0.29, 0.717) is 33.8 Å². The first-order valence-electron chi connectivity index (χ1n) is 9.36. The van der Waals surface area contributed by atoms with Gasteiger partial charge < -0.3 is 9.64 Å². The number of nitrogens with zero attached hydrogens (tertiary/aromatic N) is 3. The summed E-state index contributed by atoms with van der Waals surface area (Å²) in [6, 6.07) is 9.67. The molecule has 1 aromatic carbocycles. The van der Waals surface area contributed by atoms with E-state index in [-0.39, 0.29) is 30.4 Å². The van der Waals surface area contributed by atoms with Gasteiger partial charge in [-0.15, -0.1) is 11.3 Å². The zero-order valence-electron chi connectivity index (χ0n) is 16.7. The van der Waals surface area contributed by atoms with Crippen molar-refractivity contribution in [3.8, 4) is 0 Å². The molecule has 0 bridgehead atoms. The van der Waals surface area contributed by atoms with Crippen LogP contribution in [-0.2, 0) is 16.1 Å². The number of esters is 1. The molecule has 2 aromatic heterocycles. The van der Waals surface area contributed by atoms with Gasteiger partial charge in [-0.1, -0.05) is 30.3 Å². The molecule has 29 heavy (non-hydrogen) atoms. The number of aromatic nitrogens is 2. The van der Waals surface area contributed by atoms with Crippen molar-refractivity contribution in [2.45, 2.75) is 26.8 Å². The van der Waals surface area contributed by atoms with Gasteiger partial charge in [0.15, 0.2) is 0 Å².